The third-order valence-corrected chi connectivity index (χ3v) is 10.0. The van der Waals surface area contributed by atoms with Gasteiger partial charge in [0.05, 0.1) is 7.11 Å². The molecule has 236 valence electrons. The third kappa shape index (κ3) is 6.22. The number of allylic oxidation sites excluding steroid dienone is 4. The Bertz CT molecular complexity index is 1590. The van der Waals surface area contributed by atoms with E-state index < -0.39 is 16.0 Å². The molecule has 0 aromatic heterocycles. The van der Waals surface area contributed by atoms with E-state index in [1.54, 1.807) is 37.4 Å². The number of ether oxygens (including phenoxy) is 2. The maximum absolute atomic E-state index is 14.0. The first-order valence-corrected chi connectivity index (χ1v) is 16.6. The average Bonchev–Trinajstić information content (AvgIpc) is 2.92. The molecule has 5 rings (SSSR count). The molecular weight excluding hydrogens is 578 g/mol. The van der Waals surface area contributed by atoms with Crippen LogP contribution >= 0.6 is 0 Å². The van der Waals surface area contributed by atoms with Crippen molar-refractivity contribution in [1.29, 1.82) is 0 Å². The molecule has 3 aliphatic rings. The molecule has 9 heteroatoms. The van der Waals surface area contributed by atoms with Crippen LogP contribution in [0.1, 0.15) is 76.8 Å². The van der Waals surface area contributed by atoms with E-state index in [9.17, 15) is 18.0 Å². The minimum absolute atomic E-state index is 0.0309. The predicted molar refractivity (Wildman–Crippen MR) is 168 cm³/mol. The smallest absolute Gasteiger partial charge is 0.339 e. The number of methoxy groups -OCH3 is 2. The van der Waals surface area contributed by atoms with Gasteiger partial charge in [0.1, 0.15) is 4.90 Å². The van der Waals surface area contributed by atoms with Crippen molar-refractivity contribution in [2.75, 3.05) is 27.4 Å². The summed E-state index contributed by atoms with van der Waals surface area (Å²) in [6.45, 7) is 11.5. The lowest BCUT2D eigenvalue weighted by atomic mass is 9.63. The van der Waals surface area contributed by atoms with Gasteiger partial charge in [-0.2, -0.15) is 8.42 Å². The normalized spacial score (nSPS) is 20.0. The van der Waals surface area contributed by atoms with E-state index in [4.69, 9.17) is 13.7 Å². The molecule has 0 radical (unpaired) electrons. The zero-order valence-electron chi connectivity index (χ0n) is 26.8. The SMILES string of the molecule is COCCCN1C2=C(C(=O)CC(C)(C)C2)C(c2ccc(OS(=O)(=O)c3ccc(C)cc3)c(OC)c2)C2=C1CC(C)(C)CC2=O. The van der Waals surface area contributed by atoms with Gasteiger partial charge in [-0.15, -0.1) is 0 Å². The lowest BCUT2D eigenvalue weighted by Crippen LogP contribution is -2.44. The number of ketones is 2. The second kappa shape index (κ2) is 11.8. The Kier molecular flexibility index (Phi) is 8.59. The lowest BCUT2D eigenvalue weighted by Gasteiger charge is -2.49. The van der Waals surface area contributed by atoms with Gasteiger partial charge in [-0.3, -0.25) is 9.59 Å². The maximum atomic E-state index is 14.0. The Hall–Kier alpha value is -3.43. The van der Waals surface area contributed by atoms with Gasteiger partial charge >= 0.3 is 10.1 Å². The van der Waals surface area contributed by atoms with Crippen molar-refractivity contribution in [3.63, 3.8) is 0 Å². The number of hydrogen-bond donors (Lipinski definition) is 0. The summed E-state index contributed by atoms with van der Waals surface area (Å²) >= 11 is 0. The number of Topliss-reactive ketones (excluding diaryl/α,β-unsaturated/α-hetero) is 2. The highest BCUT2D eigenvalue weighted by molar-refractivity contribution is 7.87. The Morgan fingerprint density at radius 3 is 1.91 bits per heavy atom. The van der Waals surface area contributed by atoms with Crippen LogP contribution in [0.15, 0.2) is 69.9 Å². The molecule has 0 N–H and O–H groups in total. The molecule has 1 aliphatic heterocycles. The number of benzene rings is 2. The van der Waals surface area contributed by atoms with Crippen LogP contribution in [0.5, 0.6) is 11.5 Å². The van der Waals surface area contributed by atoms with Gasteiger partial charge in [0.25, 0.3) is 0 Å². The zero-order valence-corrected chi connectivity index (χ0v) is 27.6. The first kappa shape index (κ1) is 32.0. The second-order valence-electron chi connectivity index (χ2n) is 13.8. The molecule has 1 heterocycles. The van der Waals surface area contributed by atoms with Crippen LogP contribution in [-0.2, 0) is 24.4 Å². The highest BCUT2D eigenvalue weighted by Gasteiger charge is 2.49. The molecule has 2 aromatic carbocycles. The van der Waals surface area contributed by atoms with E-state index >= 15 is 0 Å². The van der Waals surface area contributed by atoms with Gasteiger partial charge in [0.15, 0.2) is 23.1 Å². The van der Waals surface area contributed by atoms with Crippen molar-refractivity contribution >= 4 is 21.7 Å². The van der Waals surface area contributed by atoms with Gasteiger partial charge in [0.2, 0.25) is 0 Å². The summed E-state index contributed by atoms with van der Waals surface area (Å²) in [5.74, 6) is -0.281. The summed E-state index contributed by atoms with van der Waals surface area (Å²) < 4.78 is 42.7. The molecular formula is C35H43NO7S. The predicted octanol–water partition coefficient (Wildman–Crippen LogP) is 6.49. The van der Waals surface area contributed by atoms with E-state index in [1.165, 1.54) is 19.2 Å². The number of carbonyl (C=O) groups excluding carboxylic acids is 2. The van der Waals surface area contributed by atoms with Gasteiger partial charge < -0.3 is 18.6 Å². The molecule has 44 heavy (non-hydrogen) atoms. The van der Waals surface area contributed by atoms with Crippen LogP contribution in [-0.4, -0.2) is 52.3 Å². The molecule has 2 aromatic rings. The maximum Gasteiger partial charge on any atom is 0.339 e. The summed E-state index contributed by atoms with van der Waals surface area (Å²) in [6.07, 6.45) is 2.92. The van der Waals surface area contributed by atoms with Crippen molar-refractivity contribution in [2.24, 2.45) is 10.8 Å². The van der Waals surface area contributed by atoms with Crippen LogP contribution in [0.4, 0.5) is 0 Å². The Morgan fingerprint density at radius 1 is 0.818 bits per heavy atom. The highest BCUT2D eigenvalue weighted by atomic mass is 32.2. The molecule has 0 spiro atoms. The summed E-state index contributed by atoms with van der Waals surface area (Å²) in [7, 11) is -1.00. The second-order valence-corrected chi connectivity index (χ2v) is 15.3. The molecule has 0 fully saturated rings. The Balaban J connectivity index is 1.64. The highest BCUT2D eigenvalue weighted by Crippen LogP contribution is 2.55. The average molecular weight is 622 g/mol. The van der Waals surface area contributed by atoms with Crippen molar-refractivity contribution in [3.05, 3.63) is 76.1 Å². The molecule has 2 aliphatic carbocycles. The number of rotatable bonds is 9. The fourth-order valence-electron chi connectivity index (χ4n) is 6.82. The number of hydrogen-bond acceptors (Lipinski definition) is 8. The molecule has 0 saturated carbocycles. The van der Waals surface area contributed by atoms with Gasteiger partial charge in [-0.05, 0) is 66.8 Å². The van der Waals surface area contributed by atoms with Crippen LogP contribution in [0.25, 0.3) is 0 Å². The van der Waals surface area contributed by atoms with Crippen molar-refractivity contribution in [1.82, 2.24) is 4.90 Å². The molecule has 0 saturated heterocycles. The first-order valence-electron chi connectivity index (χ1n) is 15.1. The fourth-order valence-corrected chi connectivity index (χ4v) is 7.76. The molecule has 8 nitrogen and oxygen atoms in total. The Labute approximate surface area is 261 Å². The van der Waals surface area contributed by atoms with Crippen LogP contribution < -0.4 is 8.92 Å². The first-order chi connectivity index (χ1) is 20.7. The lowest BCUT2D eigenvalue weighted by molar-refractivity contribution is -0.119. The summed E-state index contributed by atoms with van der Waals surface area (Å²) in [5, 5.41) is 0. The summed E-state index contributed by atoms with van der Waals surface area (Å²) in [5.41, 5.74) is 4.40. The van der Waals surface area contributed by atoms with E-state index in [2.05, 4.69) is 32.6 Å². The monoisotopic (exact) mass is 621 g/mol. The number of nitrogens with zero attached hydrogens (tertiary/aromatic N) is 1. The van der Waals surface area contributed by atoms with Crippen LogP contribution in [0.3, 0.4) is 0 Å². The molecule has 0 atom stereocenters. The van der Waals surface area contributed by atoms with Crippen LogP contribution in [0.2, 0.25) is 0 Å². The van der Waals surface area contributed by atoms with Crippen LogP contribution in [0, 0.1) is 17.8 Å². The standard InChI is InChI=1S/C35H43NO7S/c1-22-9-12-24(13-10-22)44(39,40)43-29-14-11-23(17-30(29)42-7)31-32-25(18-34(2,3)20-27(32)37)36(15-8-16-41-6)26-19-35(4,5)21-28(38)33(26)31/h9-14,17,31H,8,15-16,18-21H2,1-7H3. The summed E-state index contributed by atoms with van der Waals surface area (Å²) in [6, 6.07) is 11.4. The number of aryl methyl sites for hydroxylation is 1. The van der Waals surface area contributed by atoms with Gasteiger partial charge in [-0.1, -0.05) is 51.5 Å². The minimum atomic E-state index is -4.12. The number of carbonyl (C=O) groups is 2. The molecule has 0 bridgehead atoms. The van der Waals surface area contributed by atoms with Crippen molar-refractivity contribution in [2.45, 2.75) is 77.5 Å². The minimum Gasteiger partial charge on any atom is -0.493 e. The largest absolute Gasteiger partial charge is 0.493 e. The van der Waals surface area contributed by atoms with E-state index in [0.29, 0.717) is 55.5 Å². The van der Waals surface area contributed by atoms with E-state index in [-0.39, 0.29) is 38.8 Å². The van der Waals surface area contributed by atoms with Crippen molar-refractivity contribution < 1.29 is 31.7 Å². The topological polar surface area (TPSA) is 99.2 Å². The summed E-state index contributed by atoms with van der Waals surface area (Å²) in [4.78, 5) is 30.3. The zero-order chi connectivity index (χ0) is 32.0. The third-order valence-electron chi connectivity index (χ3n) is 8.78. The molecule has 0 unspecified atom stereocenters. The molecule has 0 amide bonds. The van der Waals surface area contributed by atoms with E-state index in [0.717, 1.165) is 23.4 Å². The van der Waals surface area contributed by atoms with Crippen molar-refractivity contribution in [3.8, 4) is 11.5 Å². The fraction of sp³-hybridized carbons (Fsp3) is 0.486. The van der Waals surface area contributed by atoms with E-state index in [1.807, 2.05) is 6.92 Å². The quantitative estimate of drug-likeness (QED) is 0.231. The Morgan fingerprint density at radius 2 is 1.39 bits per heavy atom. The van der Waals surface area contributed by atoms with Gasteiger partial charge in [0, 0.05) is 61.6 Å². The van der Waals surface area contributed by atoms with Gasteiger partial charge in [-0.25, -0.2) is 0 Å².